The lowest BCUT2D eigenvalue weighted by Gasteiger charge is -2.12. The monoisotopic (exact) mass is 228 g/mol. The highest BCUT2D eigenvalue weighted by Crippen LogP contribution is 2.21. The number of ether oxygens (including phenoxy) is 1. The first-order chi connectivity index (χ1) is 7.77. The lowest BCUT2D eigenvalue weighted by Crippen LogP contribution is -2.38. The van der Waals surface area contributed by atoms with Crippen LogP contribution in [0.3, 0.4) is 0 Å². The van der Waals surface area contributed by atoms with Crippen LogP contribution in [-0.2, 0) is 9.53 Å². The minimum Gasteiger partial charge on any atom is -0.365 e. The van der Waals surface area contributed by atoms with E-state index in [1.54, 1.807) is 0 Å². The zero-order chi connectivity index (χ0) is 11.8. The molecule has 1 aliphatic rings. The minimum atomic E-state index is -0.212. The zero-order valence-corrected chi connectivity index (χ0v) is 10.4. The number of amides is 1. The zero-order valence-electron chi connectivity index (χ0n) is 10.4. The van der Waals surface area contributed by atoms with E-state index >= 15 is 0 Å². The molecule has 0 aromatic carbocycles. The van der Waals surface area contributed by atoms with E-state index in [0.29, 0.717) is 6.54 Å². The van der Waals surface area contributed by atoms with Crippen LogP contribution >= 0.6 is 0 Å². The summed E-state index contributed by atoms with van der Waals surface area (Å²) in [4.78, 5) is 11.7. The summed E-state index contributed by atoms with van der Waals surface area (Å²) in [5, 5.41) is 6.15. The molecule has 2 N–H and O–H groups in total. The van der Waals surface area contributed by atoms with Crippen molar-refractivity contribution in [2.45, 2.75) is 51.7 Å². The van der Waals surface area contributed by atoms with E-state index in [4.69, 9.17) is 4.74 Å². The number of hydrogen-bond acceptors (Lipinski definition) is 3. The van der Waals surface area contributed by atoms with Crippen LogP contribution in [0.15, 0.2) is 0 Å². The third-order valence-corrected chi connectivity index (χ3v) is 2.88. The summed E-state index contributed by atoms with van der Waals surface area (Å²) >= 11 is 0. The largest absolute Gasteiger partial charge is 0.365 e. The average Bonchev–Trinajstić information content (AvgIpc) is 2.77. The molecule has 1 rings (SSSR count). The topological polar surface area (TPSA) is 50.4 Å². The number of rotatable bonds is 7. The Labute approximate surface area is 98.1 Å². The molecule has 1 saturated heterocycles. The molecule has 0 aromatic rings. The van der Waals surface area contributed by atoms with Crippen LogP contribution in [0, 0.1) is 0 Å². The second-order valence-corrected chi connectivity index (χ2v) is 4.27. The van der Waals surface area contributed by atoms with E-state index in [1.807, 2.05) is 0 Å². The lowest BCUT2D eigenvalue weighted by molar-refractivity contribution is -0.132. The fraction of sp³-hybridized carbons (Fsp3) is 0.917. The van der Waals surface area contributed by atoms with Crippen molar-refractivity contribution >= 4 is 5.91 Å². The van der Waals surface area contributed by atoms with Crippen molar-refractivity contribution in [3.8, 4) is 0 Å². The summed E-state index contributed by atoms with van der Waals surface area (Å²) in [5.41, 5.74) is 0. The van der Waals surface area contributed by atoms with Crippen LogP contribution in [-0.4, -0.2) is 37.7 Å². The van der Waals surface area contributed by atoms with Crippen molar-refractivity contribution in [3.05, 3.63) is 0 Å². The fourth-order valence-corrected chi connectivity index (χ4v) is 1.89. The molecule has 2 atom stereocenters. The molecule has 94 valence electrons. The van der Waals surface area contributed by atoms with Gasteiger partial charge in [-0.1, -0.05) is 13.8 Å². The third kappa shape index (κ3) is 4.49. The van der Waals surface area contributed by atoms with Gasteiger partial charge < -0.3 is 15.4 Å². The van der Waals surface area contributed by atoms with Crippen LogP contribution in [0.4, 0.5) is 0 Å². The molecule has 0 radical (unpaired) electrons. The molecule has 0 aromatic heterocycles. The maximum Gasteiger partial charge on any atom is 0.249 e. The first-order valence-electron chi connectivity index (χ1n) is 6.41. The van der Waals surface area contributed by atoms with Gasteiger partial charge in [-0.15, -0.1) is 0 Å². The van der Waals surface area contributed by atoms with Crippen LogP contribution in [0.2, 0.25) is 0 Å². The molecule has 4 nitrogen and oxygen atoms in total. The second kappa shape index (κ2) is 7.63. The smallest absolute Gasteiger partial charge is 0.249 e. The quantitative estimate of drug-likeness (QED) is 0.641. The molecule has 0 saturated carbocycles. The van der Waals surface area contributed by atoms with Gasteiger partial charge in [-0.2, -0.15) is 0 Å². The van der Waals surface area contributed by atoms with Gasteiger partial charge in [0.25, 0.3) is 0 Å². The minimum absolute atomic E-state index is 0.0502. The van der Waals surface area contributed by atoms with Gasteiger partial charge in [-0.3, -0.25) is 4.79 Å². The van der Waals surface area contributed by atoms with E-state index in [1.165, 1.54) is 0 Å². The number of carbonyl (C=O) groups excluding carboxylic acids is 1. The molecule has 0 aliphatic carbocycles. The molecule has 16 heavy (non-hydrogen) atoms. The van der Waals surface area contributed by atoms with Crippen LogP contribution in [0.1, 0.15) is 39.5 Å². The highest BCUT2D eigenvalue weighted by molar-refractivity contribution is 5.80. The highest BCUT2D eigenvalue weighted by Gasteiger charge is 2.29. The maximum absolute atomic E-state index is 11.7. The molecule has 1 amide bonds. The summed E-state index contributed by atoms with van der Waals surface area (Å²) in [6, 6.07) is 0. The molecule has 0 bridgehead atoms. The predicted octanol–water partition coefficient (Wildman–Crippen LogP) is 1.06. The van der Waals surface area contributed by atoms with Crippen LogP contribution in [0.25, 0.3) is 0 Å². The molecule has 1 aliphatic heterocycles. The Morgan fingerprint density at radius 2 is 2.06 bits per heavy atom. The normalized spacial score (nSPS) is 24.6. The molecule has 0 spiro atoms. The van der Waals surface area contributed by atoms with Gasteiger partial charge in [0.05, 0.1) is 6.10 Å². The first-order valence-corrected chi connectivity index (χ1v) is 6.41. The molecule has 2 unspecified atom stereocenters. The SMILES string of the molecule is CCCNCCNC(=O)C1CCC(CC)O1. The van der Waals surface area contributed by atoms with E-state index in [9.17, 15) is 4.79 Å². The maximum atomic E-state index is 11.7. The molecule has 4 heteroatoms. The van der Waals surface area contributed by atoms with Crippen molar-refractivity contribution in [2.24, 2.45) is 0 Å². The summed E-state index contributed by atoms with van der Waals surface area (Å²) in [7, 11) is 0. The van der Waals surface area contributed by atoms with Crippen molar-refractivity contribution in [2.75, 3.05) is 19.6 Å². The average molecular weight is 228 g/mol. The van der Waals surface area contributed by atoms with E-state index < -0.39 is 0 Å². The third-order valence-electron chi connectivity index (χ3n) is 2.88. The Balaban J connectivity index is 2.06. The van der Waals surface area contributed by atoms with E-state index in [-0.39, 0.29) is 18.1 Å². The molecular weight excluding hydrogens is 204 g/mol. The number of hydrogen-bond donors (Lipinski definition) is 2. The van der Waals surface area contributed by atoms with Gasteiger partial charge in [0.15, 0.2) is 0 Å². The Kier molecular flexibility index (Phi) is 6.42. The Hall–Kier alpha value is -0.610. The van der Waals surface area contributed by atoms with Gasteiger partial charge >= 0.3 is 0 Å². The van der Waals surface area contributed by atoms with Gasteiger partial charge in [0, 0.05) is 13.1 Å². The Morgan fingerprint density at radius 1 is 1.25 bits per heavy atom. The Bertz CT molecular complexity index is 209. The molecular formula is C12H24N2O2. The molecule has 1 heterocycles. The summed E-state index contributed by atoms with van der Waals surface area (Å²) in [6.45, 7) is 6.76. The van der Waals surface area contributed by atoms with Crippen molar-refractivity contribution in [3.63, 3.8) is 0 Å². The second-order valence-electron chi connectivity index (χ2n) is 4.27. The van der Waals surface area contributed by atoms with Crippen molar-refractivity contribution in [1.82, 2.24) is 10.6 Å². The van der Waals surface area contributed by atoms with E-state index in [0.717, 1.165) is 38.8 Å². The predicted molar refractivity (Wildman–Crippen MR) is 64.4 cm³/mol. The highest BCUT2D eigenvalue weighted by atomic mass is 16.5. The fourth-order valence-electron chi connectivity index (χ4n) is 1.89. The van der Waals surface area contributed by atoms with Gasteiger partial charge in [-0.25, -0.2) is 0 Å². The summed E-state index contributed by atoms with van der Waals surface area (Å²) < 4.78 is 5.62. The Morgan fingerprint density at radius 3 is 2.69 bits per heavy atom. The summed E-state index contributed by atoms with van der Waals surface area (Å²) in [6.07, 6.45) is 4.08. The number of nitrogens with one attached hydrogen (secondary N) is 2. The van der Waals surface area contributed by atoms with Crippen molar-refractivity contribution < 1.29 is 9.53 Å². The standard InChI is InChI=1S/C12H24N2O2/c1-3-7-13-8-9-14-12(15)11-6-5-10(4-2)16-11/h10-11,13H,3-9H2,1-2H3,(H,14,15). The van der Waals surface area contributed by atoms with Crippen molar-refractivity contribution in [1.29, 1.82) is 0 Å². The lowest BCUT2D eigenvalue weighted by atomic mass is 10.1. The summed E-state index contributed by atoms with van der Waals surface area (Å²) in [5.74, 6) is 0.0502. The number of carbonyl (C=O) groups is 1. The van der Waals surface area contributed by atoms with Gasteiger partial charge in [0.1, 0.15) is 6.10 Å². The molecule has 1 fully saturated rings. The van der Waals surface area contributed by atoms with Crippen LogP contribution < -0.4 is 10.6 Å². The van der Waals surface area contributed by atoms with E-state index in [2.05, 4.69) is 24.5 Å². The van der Waals surface area contributed by atoms with Crippen LogP contribution in [0.5, 0.6) is 0 Å². The first kappa shape index (κ1) is 13.5. The van der Waals surface area contributed by atoms with Gasteiger partial charge in [0.2, 0.25) is 5.91 Å². The van der Waals surface area contributed by atoms with Gasteiger partial charge in [-0.05, 0) is 32.2 Å².